The van der Waals surface area contributed by atoms with Crippen molar-refractivity contribution in [2.45, 2.75) is 0 Å². The maximum Gasteiger partial charge on any atom is 0.194 e. The number of likely N-dealkylation sites (tertiary alicyclic amines) is 1. The highest BCUT2D eigenvalue weighted by Gasteiger charge is 2.39. The molecule has 5 rings (SSSR count). The van der Waals surface area contributed by atoms with E-state index in [0.717, 1.165) is 52.9 Å². The number of rotatable bonds is 2. The predicted octanol–water partition coefficient (Wildman–Crippen LogP) is 2.96. The number of fused-ring (bicyclic) bond motifs is 4. The second-order valence-corrected chi connectivity index (χ2v) is 8.33. The summed E-state index contributed by atoms with van der Waals surface area (Å²) in [4.78, 5) is 20.0. The Kier molecular flexibility index (Phi) is 3.41. The van der Waals surface area contributed by atoms with Crippen LogP contribution in [0.15, 0.2) is 36.4 Å². The van der Waals surface area contributed by atoms with Gasteiger partial charge in [0.05, 0.1) is 0 Å². The van der Waals surface area contributed by atoms with Crippen molar-refractivity contribution < 1.29 is 4.79 Å². The van der Waals surface area contributed by atoms with E-state index in [9.17, 15) is 4.79 Å². The highest BCUT2D eigenvalue weighted by molar-refractivity contribution is 6.22. The molecule has 4 heteroatoms. The molecule has 0 N–H and O–H groups in total. The summed E-state index contributed by atoms with van der Waals surface area (Å²) >= 11 is 0. The SMILES string of the molecule is CN1CC2CN(c3ccc4c(c3)C(=O)c3cc(N(C)C)ccc3-4)CC2C1. The fourth-order valence-electron chi connectivity index (χ4n) is 4.97. The Morgan fingerprint density at radius 2 is 1.46 bits per heavy atom. The number of carbonyl (C=O) groups is 1. The van der Waals surface area contributed by atoms with Crippen molar-refractivity contribution >= 4 is 17.2 Å². The number of ketones is 1. The first-order valence-corrected chi connectivity index (χ1v) is 9.45. The maximum absolute atomic E-state index is 13.0. The Bertz CT molecular complexity index is 890. The topological polar surface area (TPSA) is 26.8 Å². The van der Waals surface area contributed by atoms with Gasteiger partial charge >= 0.3 is 0 Å². The summed E-state index contributed by atoms with van der Waals surface area (Å²) in [5.41, 5.74) is 6.13. The second kappa shape index (κ2) is 5.58. The highest BCUT2D eigenvalue weighted by Crippen LogP contribution is 2.41. The van der Waals surface area contributed by atoms with Crippen LogP contribution in [0.3, 0.4) is 0 Å². The zero-order valence-electron chi connectivity index (χ0n) is 15.7. The molecule has 0 aromatic heterocycles. The second-order valence-electron chi connectivity index (χ2n) is 8.33. The van der Waals surface area contributed by atoms with Gasteiger partial charge in [0.15, 0.2) is 5.78 Å². The van der Waals surface area contributed by atoms with Crippen LogP contribution in [0.5, 0.6) is 0 Å². The Morgan fingerprint density at radius 3 is 2.12 bits per heavy atom. The molecule has 4 nitrogen and oxygen atoms in total. The Morgan fingerprint density at radius 1 is 0.846 bits per heavy atom. The van der Waals surface area contributed by atoms with Crippen molar-refractivity contribution in [1.29, 1.82) is 0 Å². The number of hydrogen-bond acceptors (Lipinski definition) is 4. The van der Waals surface area contributed by atoms with Crippen molar-refractivity contribution in [3.8, 4) is 11.1 Å². The molecule has 2 aromatic carbocycles. The van der Waals surface area contributed by atoms with E-state index in [0.29, 0.717) is 0 Å². The van der Waals surface area contributed by atoms with E-state index in [1.165, 1.54) is 18.8 Å². The summed E-state index contributed by atoms with van der Waals surface area (Å²) in [5.74, 6) is 1.70. The van der Waals surface area contributed by atoms with E-state index in [1.54, 1.807) is 0 Å². The zero-order chi connectivity index (χ0) is 18.0. The molecule has 3 aliphatic rings. The molecule has 26 heavy (non-hydrogen) atoms. The van der Waals surface area contributed by atoms with Crippen LogP contribution in [-0.4, -0.2) is 58.0 Å². The van der Waals surface area contributed by atoms with Crippen LogP contribution < -0.4 is 9.80 Å². The normalized spacial score (nSPS) is 24.0. The van der Waals surface area contributed by atoms with Crippen molar-refractivity contribution in [2.75, 3.05) is 57.1 Å². The lowest BCUT2D eigenvalue weighted by Gasteiger charge is -2.22. The van der Waals surface area contributed by atoms with Crippen LogP contribution in [-0.2, 0) is 0 Å². The molecule has 0 bridgehead atoms. The molecule has 2 fully saturated rings. The third-order valence-electron chi connectivity index (χ3n) is 6.34. The average Bonchev–Trinajstić information content (AvgIpc) is 3.25. The molecule has 1 aliphatic carbocycles. The molecular formula is C22H25N3O. The molecule has 0 spiro atoms. The van der Waals surface area contributed by atoms with Gasteiger partial charge in [0.2, 0.25) is 0 Å². The highest BCUT2D eigenvalue weighted by atomic mass is 16.1. The summed E-state index contributed by atoms with van der Waals surface area (Å²) in [6.07, 6.45) is 0. The Balaban J connectivity index is 1.47. The standard InChI is InChI=1S/C22H25N3O/c1-23(2)16-4-6-18-19-7-5-17(9-21(19)22(26)20(18)8-16)25-12-14-10-24(3)11-15(14)13-25/h4-9,14-15H,10-13H2,1-3H3. The minimum Gasteiger partial charge on any atom is -0.378 e. The first-order chi connectivity index (χ1) is 12.5. The summed E-state index contributed by atoms with van der Waals surface area (Å²) in [6.45, 7) is 4.62. The van der Waals surface area contributed by atoms with Crippen LogP contribution in [0, 0.1) is 11.8 Å². The smallest absolute Gasteiger partial charge is 0.194 e. The van der Waals surface area contributed by atoms with E-state index in [2.05, 4.69) is 47.2 Å². The molecule has 2 saturated heterocycles. The number of benzene rings is 2. The van der Waals surface area contributed by atoms with Gasteiger partial charge < -0.3 is 14.7 Å². The van der Waals surface area contributed by atoms with E-state index in [-0.39, 0.29) is 5.78 Å². The molecular weight excluding hydrogens is 322 g/mol. The van der Waals surface area contributed by atoms with E-state index < -0.39 is 0 Å². The van der Waals surface area contributed by atoms with E-state index in [4.69, 9.17) is 0 Å². The molecule has 2 unspecified atom stereocenters. The first-order valence-electron chi connectivity index (χ1n) is 9.45. The van der Waals surface area contributed by atoms with Gasteiger partial charge in [0, 0.05) is 62.8 Å². The molecule has 2 aliphatic heterocycles. The number of carbonyl (C=O) groups excluding carboxylic acids is 1. The van der Waals surface area contributed by atoms with Crippen molar-refractivity contribution in [3.05, 3.63) is 47.5 Å². The first kappa shape index (κ1) is 15.9. The summed E-state index contributed by atoms with van der Waals surface area (Å²) in [5, 5.41) is 0. The third-order valence-corrected chi connectivity index (χ3v) is 6.34. The molecule has 2 atom stereocenters. The van der Waals surface area contributed by atoms with Crippen LogP contribution >= 0.6 is 0 Å². The maximum atomic E-state index is 13.0. The van der Waals surface area contributed by atoms with Gasteiger partial charge in [-0.1, -0.05) is 12.1 Å². The lowest BCUT2D eigenvalue weighted by molar-refractivity contribution is 0.104. The van der Waals surface area contributed by atoms with Crippen molar-refractivity contribution in [3.63, 3.8) is 0 Å². The van der Waals surface area contributed by atoms with Gasteiger partial charge in [-0.25, -0.2) is 0 Å². The summed E-state index contributed by atoms with van der Waals surface area (Å²) in [7, 11) is 6.23. The predicted molar refractivity (Wildman–Crippen MR) is 106 cm³/mol. The van der Waals surface area contributed by atoms with Gasteiger partial charge in [-0.3, -0.25) is 4.79 Å². The molecule has 0 saturated carbocycles. The van der Waals surface area contributed by atoms with Crippen LogP contribution in [0.4, 0.5) is 11.4 Å². The number of anilines is 2. The minimum atomic E-state index is 0.166. The lowest BCUT2D eigenvalue weighted by Crippen LogP contribution is -2.26. The van der Waals surface area contributed by atoms with Crippen molar-refractivity contribution in [2.24, 2.45) is 11.8 Å². The zero-order valence-corrected chi connectivity index (χ0v) is 15.7. The fraction of sp³-hybridized carbons (Fsp3) is 0.409. The fourth-order valence-corrected chi connectivity index (χ4v) is 4.97. The lowest BCUT2D eigenvalue weighted by atomic mass is 10.0. The van der Waals surface area contributed by atoms with Gasteiger partial charge in [0.1, 0.15) is 0 Å². The molecule has 134 valence electrons. The summed E-state index contributed by atoms with van der Waals surface area (Å²) < 4.78 is 0. The third kappa shape index (κ3) is 2.28. The molecule has 2 heterocycles. The van der Waals surface area contributed by atoms with Gasteiger partial charge in [-0.15, -0.1) is 0 Å². The van der Waals surface area contributed by atoms with Crippen LogP contribution in [0.25, 0.3) is 11.1 Å². The van der Waals surface area contributed by atoms with E-state index >= 15 is 0 Å². The van der Waals surface area contributed by atoms with Crippen LogP contribution in [0.1, 0.15) is 15.9 Å². The molecule has 2 aromatic rings. The number of hydrogen-bond donors (Lipinski definition) is 0. The quantitative estimate of drug-likeness (QED) is 0.712. The Hall–Kier alpha value is -2.33. The largest absolute Gasteiger partial charge is 0.378 e. The van der Waals surface area contributed by atoms with Crippen molar-refractivity contribution in [1.82, 2.24) is 4.90 Å². The van der Waals surface area contributed by atoms with Crippen LogP contribution in [0.2, 0.25) is 0 Å². The van der Waals surface area contributed by atoms with Gasteiger partial charge in [-0.2, -0.15) is 0 Å². The molecule has 0 amide bonds. The molecule has 0 radical (unpaired) electrons. The minimum absolute atomic E-state index is 0.166. The average molecular weight is 347 g/mol. The van der Waals surface area contributed by atoms with Gasteiger partial charge in [0.25, 0.3) is 0 Å². The Labute approximate surface area is 155 Å². The number of nitrogens with zero attached hydrogens (tertiary/aromatic N) is 3. The summed E-state index contributed by atoms with van der Waals surface area (Å²) in [6, 6.07) is 12.7. The monoisotopic (exact) mass is 347 g/mol. The van der Waals surface area contributed by atoms with E-state index in [1.807, 2.05) is 25.1 Å². The van der Waals surface area contributed by atoms with Gasteiger partial charge in [-0.05, 0) is 54.3 Å².